The molecule has 24 nitrogen and oxygen atoms in total. The first-order valence-electron chi connectivity index (χ1n) is 23.3. The Labute approximate surface area is 454 Å². The zero-order valence-electron chi connectivity index (χ0n) is 41.8. The summed E-state index contributed by atoms with van der Waals surface area (Å²) in [5.41, 5.74) is 6.29. The second-order valence-corrected chi connectivity index (χ2v) is 23.7. The van der Waals surface area contributed by atoms with Gasteiger partial charge in [0.25, 0.3) is 40.5 Å². The number of fused-ring (bicyclic) bond motifs is 5. The number of benzene rings is 9. The van der Waals surface area contributed by atoms with Crippen LogP contribution in [0, 0.1) is 27.7 Å². The molecule has 0 fully saturated rings. The number of hydrogen-bond acceptors (Lipinski definition) is 19. The van der Waals surface area contributed by atoms with Crippen LogP contribution in [0.5, 0.6) is 5.75 Å². The largest absolute Gasteiger partial charge is 0.505 e. The summed E-state index contributed by atoms with van der Waals surface area (Å²) in [4.78, 5) is -1.37. The number of aryl methyl sites for hydroxylation is 4. The molecule has 0 saturated heterocycles. The van der Waals surface area contributed by atoms with Crippen molar-refractivity contribution in [3.05, 3.63) is 156 Å². The van der Waals surface area contributed by atoms with Crippen LogP contribution in [0.25, 0.3) is 49.0 Å². The molecule has 0 saturated carbocycles. The summed E-state index contributed by atoms with van der Waals surface area (Å²) in [5, 5.41) is 55.8. The highest BCUT2D eigenvalue weighted by Crippen LogP contribution is 2.40. The molecular formula is C52H39N11O13S4. The highest BCUT2D eigenvalue weighted by Gasteiger charge is 2.24. The van der Waals surface area contributed by atoms with E-state index in [0.29, 0.717) is 62.2 Å². The second kappa shape index (κ2) is 20.3. The van der Waals surface area contributed by atoms with E-state index in [0.717, 1.165) is 41.0 Å². The summed E-state index contributed by atoms with van der Waals surface area (Å²) in [6, 6.07) is 32.3. The summed E-state index contributed by atoms with van der Waals surface area (Å²) in [5.74, 6) is -0.157. The molecule has 1 heterocycles. The van der Waals surface area contributed by atoms with E-state index >= 15 is 0 Å². The van der Waals surface area contributed by atoms with Crippen molar-refractivity contribution in [1.82, 2.24) is 15.0 Å². The molecule has 28 heteroatoms. The maximum atomic E-state index is 12.3. The van der Waals surface area contributed by atoms with Gasteiger partial charge in [-0.1, -0.05) is 24.3 Å². The summed E-state index contributed by atoms with van der Waals surface area (Å²) in [6.45, 7) is 7.21. The Bertz CT molecular complexity index is 4910. The topological polar surface area (TPSA) is 367 Å². The van der Waals surface area contributed by atoms with Gasteiger partial charge < -0.3 is 5.11 Å². The number of hydrogen-bond donors (Lipinski definition) is 5. The molecule has 0 amide bonds. The van der Waals surface area contributed by atoms with Gasteiger partial charge in [-0.2, -0.15) is 69.2 Å². The van der Waals surface area contributed by atoms with Crippen LogP contribution in [-0.4, -0.2) is 72.0 Å². The minimum atomic E-state index is -4.92. The van der Waals surface area contributed by atoms with Crippen molar-refractivity contribution in [3.8, 4) is 11.4 Å². The average Bonchev–Trinajstić information content (AvgIpc) is 3.85. The monoisotopic (exact) mass is 1150 g/mol. The summed E-state index contributed by atoms with van der Waals surface area (Å²) in [7, 11) is -19.3. The van der Waals surface area contributed by atoms with Gasteiger partial charge in [0.2, 0.25) is 0 Å². The fourth-order valence-corrected chi connectivity index (χ4v) is 11.3. The number of rotatable bonds is 13. The van der Waals surface area contributed by atoms with Crippen molar-refractivity contribution in [1.29, 1.82) is 0 Å². The van der Waals surface area contributed by atoms with E-state index in [9.17, 15) is 57.0 Å². The average molecular weight is 1150 g/mol. The standard InChI is InChI=1S/C52H39N11O13S4/c1-27-18-34(9-15-41(27)55-53-33-10-16-42(28(2)19-33)56-60-47-26-39-31(23-50(47)80(74,75)76)6-5-7-48(39)78(68,69)70)54-58-45-20-30(4)46(21-29(45)3)59-57-44-14-8-32-22-35(11-12-37(32)52(44)64)63-61-43-17-13-38-40(51(43)62-63)24-36(77(65,66)67)25-49(38)79(71,72)73/h5-26,64H,1-4H3,(H,65,66,67)(H,68,69,70)(H,71,72,73)(H,74,75,76). The SMILES string of the molecule is Cc1cc(N=Nc2cc(C)c(N=Nc3ccc4cc(-n5nc6ccc7c(S(=O)(=O)O)cc(S(=O)(=O)O)cc7c6n5)ccc4c3O)cc2C)ccc1N=Nc1ccc(N=Nc2cc3c(S(=O)(=O)O)cccc3cc2S(=O)(=O)O)c(C)c1. The van der Waals surface area contributed by atoms with Gasteiger partial charge in [0.05, 0.1) is 44.7 Å². The first kappa shape index (κ1) is 54.4. The van der Waals surface area contributed by atoms with Crippen LogP contribution >= 0.6 is 0 Å². The number of phenols is 1. The lowest BCUT2D eigenvalue weighted by Crippen LogP contribution is -2.04. The van der Waals surface area contributed by atoms with Crippen LogP contribution in [0.4, 0.5) is 45.5 Å². The summed E-state index contributed by atoms with van der Waals surface area (Å²) in [6.07, 6.45) is 0. The smallest absolute Gasteiger partial charge is 0.296 e. The van der Waals surface area contributed by atoms with Crippen LogP contribution in [0.1, 0.15) is 22.3 Å². The van der Waals surface area contributed by atoms with Gasteiger partial charge in [-0.25, -0.2) is 0 Å². The lowest BCUT2D eigenvalue weighted by atomic mass is 10.1. The van der Waals surface area contributed by atoms with Gasteiger partial charge in [-0.15, -0.1) is 20.4 Å². The Balaban J connectivity index is 0.816. The first-order valence-corrected chi connectivity index (χ1v) is 29.0. The molecule has 5 N–H and O–H groups in total. The molecule has 10 aromatic rings. The van der Waals surface area contributed by atoms with Crippen LogP contribution in [0.2, 0.25) is 0 Å². The molecule has 1 aromatic heterocycles. The quantitative estimate of drug-likeness (QED) is 0.0529. The predicted octanol–water partition coefficient (Wildman–Crippen LogP) is 13.5. The van der Waals surface area contributed by atoms with E-state index in [-0.39, 0.29) is 49.7 Å². The van der Waals surface area contributed by atoms with Crippen LogP contribution in [-0.2, 0) is 40.5 Å². The fourth-order valence-electron chi connectivity index (χ4n) is 8.57. The van der Waals surface area contributed by atoms with Crippen molar-refractivity contribution >= 4 is 129 Å². The minimum absolute atomic E-state index is 0.00445. The van der Waals surface area contributed by atoms with Crippen molar-refractivity contribution in [2.75, 3.05) is 0 Å². The summed E-state index contributed by atoms with van der Waals surface area (Å²) >= 11 is 0. The molecule has 404 valence electrons. The molecule has 0 aliphatic heterocycles. The number of azo groups is 4. The van der Waals surface area contributed by atoms with Gasteiger partial charge >= 0.3 is 0 Å². The maximum absolute atomic E-state index is 12.3. The zero-order valence-corrected chi connectivity index (χ0v) is 45.0. The molecule has 0 bridgehead atoms. The van der Waals surface area contributed by atoms with Gasteiger partial charge in [0.15, 0.2) is 5.75 Å². The maximum Gasteiger partial charge on any atom is 0.296 e. The molecule has 10 rings (SSSR count). The molecule has 0 radical (unpaired) electrons. The molecule has 0 atom stereocenters. The molecule has 0 spiro atoms. The number of phenolic OH excluding ortho intramolecular Hbond substituents is 1. The van der Waals surface area contributed by atoms with E-state index in [2.05, 4.69) is 51.1 Å². The van der Waals surface area contributed by atoms with Crippen LogP contribution < -0.4 is 0 Å². The Morgan fingerprint density at radius 3 is 1.51 bits per heavy atom. The molecular weight excluding hydrogens is 1110 g/mol. The Kier molecular flexibility index (Phi) is 13.8. The van der Waals surface area contributed by atoms with E-state index in [1.807, 2.05) is 20.8 Å². The number of aromatic hydroxyl groups is 1. The van der Waals surface area contributed by atoms with E-state index in [1.165, 1.54) is 29.1 Å². The highest BCUT2D eigenvalue weighted by atomic mass is 32.2. The van der Waals surface area contributed by atoms with Gasteiger partial charge in [0, 0.05) is 21.5 Å². The third-order valence-electron chi connectivity index (χ3n) is 12.6. The Hall–Kier alpha value is -9.00. The molecule has 0 aliphatic rings. The number of nitrogens with zero attached hydrogens (tertiary/aromatic N) is 11. The highest BCUT2D eigenvalue weighted by molar-refractivity contribution is 7.87. The van der Waals surface area contributed by atoms with E-state index < -0.39 is 60.1 Å². The lowest BCUT2D eigenvalue weighted by molar-refractivity contribution is 0.479. The van der Waals surface area contributed by atoms with Crippen molar-refractivity contribution in [2.24, 2.45) is 40.9 Å². The Morgan fingerprint density at radius 2 is 0.912 bits per heavy atom. The normalized spacial score (nSPS) is 13.0. The van der Waals surface area contributed by atoms with Gasteiger partial charge in [-0.3, -0.25) is 18.2 Å². The molecule has 0 unspecified atom stereocenters. The van der Waals surface area contributed by atoms with Crippen molar-refractivity contribution in [2.45, 2.75) is 47.3 Å². The van der Waals surface area contributed by atoms with Gasteiger partial charge in [-0.05, 0) is 170 Å². The van der Waals surface area contributed by atoms with Crippen LogP contribution in [0.15, 0.2) is 194 Å². The van der Waals surface area contributed by atoms with Crippen LogP contribution in [0.3, 0.4) is 0 Å². The predicted molar refractivity (Wildman–Crippen MR) is 294 cm³/mol. The van der Waals surface area contributed by atoms with Crippen molar-refractivity contribution in [3.63, 3.8) is 0 Å². The van der Waals surface area contributed by atoms with Crippen molar-refractivity contribution < 1.29 is 57.0 Å². The molecule has 0 aliphatic carbocycles. The number of aromatic nitrogens is 3. The van der Waals surface area contributed by atoms with Gasteiger partial charge in [0.1, 0.15) is 37.1 Å². The minimum Gasteiger partial charge on any atom is -0.505 e. The third kappa shape index (κ3) is 11.0. The second-order valence-electron chi connectivity index (χ2n) is 18.1. The van der Waals surface area contributed by atoms with E-state index in [1.54, 1.807) is 85.8 Å². The Morgan fingerprint density at radius 1 is 0.388 bits per heavy atom. The third-order valence-corrected chi connectivity index (χ3v) is 16.1. The summed E-state index contributed by atoms with van der Waals surface area (Å²) < 4.78 is 136. The lowest BCUT2D eigenvalue weighted by Gasteiger charge is -2.08. The molecule has 9 aromatic carbocycles. The van der Waals surface area contributed by atoms with E-state index in [4.69, 9.17) is 0 Å². The molecule has 80 heavy (non-hydrogen) atoms. The first-order chi connectivity index (χ1) is 37.7. The zero-order chi connectivity index (χ0) is 57.2. The fraction of sp³-hybridized carbons (Fsp3) is 0.0769.